The maximum Gasteiger partial charge on any atom is 0.176 e. The minimum atomic E-state index is -0.281. The molecule has 2 rings (SSSR count). The van der Waals surface area contributed by atoms with Crippen molar-refractivity contribution in [3.8, 4) is 0 Å². The van der Waals surface area contributed by atoms with Crippen LogP contribution in [-0.2, 0) is 22.8 Å². The first kappa shape index (κ1) is 19.0. The summed E-state index contributed by atoms with van der Waals surface area (Å²) in [5.74, 6) is 0. The molecule has 2 atom stereocenters. The Morgan fingerprint density at radius 3 is 2.14 bits per heavy atom. The molecule has 0 amide bonds. The fourth-order valence-electron chi connectivity index (χ4n) is 2.73. The molecule has 0 radical (unpaired) electrons. The summed E-state index contributed by atoms with van der Waals surface area (Å²) in [6.45, 7) is 4.79. The summed E-state index contributed by atoms with van der Waals surface area (Å²) >= 11 is 0. The average molecular weight is 352 g/mol. The Bertz CT molecular complexity index is 279. The van der Waals surface area contributed by atoms with E-state index in [0.29, 0.717) is 19.8 Å². The van der Waals surface area contributed by atoms with E-state index in [2.05, 4.69) is 6.92 Å². The molecule has 2 aliphatic rings. The van der Waals surface area contributed by atoms with Crippen molar-refractivity contribution in [2.45, 2.75) is 64.6 Å². The average Bonchev–Trinajstić information content (AvgIpc) is 2.56. The third-order valence-corrected chi connectivity index (χ3v) is 5.27. The van der Waals surface area contributed by atoms with Crippen molar-refractivity contribution in [2.75, 3.05) is 26.4 Å². The SMILES string of the molecule is CCCCCCCCCCOC1OPOCC12COPOC2. The van der Waals surface area contributed by atoms with Gasteiger partial charge in [-0.1, -0.05) is 51.9 Å². The van der Waals surface area contributed by atoms with Gasteiger partial charge in [-0.2, -0.15) is 0 Å². The van der Waals surface area contributed by atoms with Gasteiger partial charge in [-0.15, -0.1) is 0 Å². The molecule has 2 saturated heterocycles. The summed E-state index contributed by atoms with van der Waals surface area (Å²) in [6, 6.07) is 0. The first-order valence-corrected chi connectivity index (χ1v) is 10.1. The van der Waals surface area contributed by atoms with Crippen LogP contribution in [-0.4, -0.2) is 32.7 Å². The minimum Gasteiger partial charge on any atom is -0.351 e. The van der Waals surface area contributed by atoms with Crippen molar-refractivity contribution in [1.29, 1.82) is 0 Å². The predicted molar refractivity (Wildman–Crippen MR) is 90.4 cm³/mol. The highest BCUT2D eigenvalue weighted by Gasteiger charge is 2.46. The maximum atomic E-state index is 5.97. The molecule has 22 heavy (non-hydrogen) atoms. The van der Waals surface area contributed by atoms with Gasteiger partial charge in [0.2, 0.25) is 0 Å². The number of ether oxygens (including phenoxy) is 1. The van der Waals surface area contributed by atoms with Crippen LogP contribution in [0.1, 0.15) is 58.3 Å². The summed E-state index contributed by atoms with van der Waals surface area (Å²) < 4.78 is 28.0. The predicted octanol–water partition coefficient (Wildman–Crippen LogP) is 4.57. The topological polar surface area (TPSA) is 46.2 Å². The molecule has 5 nitrogen and oxygen atoms in total. The first-order valence-electron chi connectivity index (χ1n) is 8.50. The quantitative estimate of drug-likeness (QED) is 0.426. The number of rotatable bonds is 10. The number of unbranched alkanes of at least 4 members (excludes halogenated alkanes) is 7. The molecule has 0 N–H and O–H groups in total. The lowest BCUT2D eigenvalue weighted by Gasteiger charge is -2.43. The van der Waals surface area contributed by atoms with E-state index in [-0.39, 0.29) is 29.8 Å². The Hall–Kier alpha value is 0.660. The van der Waals surface area contributed by atoms with Gasteiger partial charge in [0.25, 0.3) is 0 Å². The molecule has 0 aromatic rings. The van der Waals surface area contributed by atoms with E-state index in [1.807, 2.05) is 0 Å². The van der Waals surface area contributed by atoms with E-state index in [9.17, 15) is 0 Å². The zero-order chi connectivity index (χ0) is 15.5. The zero-order valence-corrected chi connectivity index (χ0v) is 15.6. The number of hydrogen-bond donors (Lipinski definition) is 0. The molecule has 0 saturated carbocycles. The largest absolute Gasteiger partial charge is 0.351 e. The summed E-state index contributed by atoms with van der Waals surface area (Å²) in [5, 5.41) is 0. The highest BCUT2D eigenvalue weighted by Crippen LogP contribution is 2.43. The van der Waals surface area contributed by atoms with Crippen LogP contribution in [0.2, 0.25) is 0 Å². The normalized spacial score (nSPS) is 31.2. The lowest BCUT2D eigenvalue weighted by Crippen LogP contribution is -2.51. The second-order valence-electron chi connectivity index (χ2n) is 6.19. The van der Waals surface area contributed by atoms with E-state index in [4.69, 9.17) is 22.8 Å². The molecule has 7 heteroatoms. The second kappa shape index (κ2) is 11.3. The molecule has 1 spiro atoms. The smallest absolute Gasteiger partial charge is 0.176 e. The van der Waals surface area contributed by atoms with Gasteiger partial charge in [0, 0.05) is 6.61 Å². The van der Waals surface area contributed by atoms with Gasteiger partial charge in [-0.25, -0.2) is 0 Å². The molecule has 0 aliphatic carbocycles. The Labute approximate surface area is 138 Å². The lowest BCUT2D eigenvalue weighted by molar-refractivity contribution is -0.211. The van der Waals surface area contributed by atoms with Gasteiger partial charge in [0.1, 0.15) is 0 Å². The van der Waals surface area contributed by atoms with Gasteiger partial charge in [-0.3, -0.25) is 0 Å². The molecule has 0 aromatic carbocycles. The summed E-state index contributed by atoms with van der Waals surface area (Å²) in [4.78, 5) is 0. The van der Waals surface area contributed by atoms with Crippen molar-refractivity contribution in [3.63, 3.8) is 0 Å². The monoisotopic (exact) mass is 352 g/mol. The van der Waals surface area contributed by atoms with Crippen LogP contribution in [0, 0.1) is 5.41 Å². The van der Waals surface area contributed by atoms with Gasteiger partial charge in [0.15, 0.2) is 24.4 Å². The van der Waals surface area contributed by atoms with E-state index in [1.165, 1.54) is 44.9 Å². The van der Waals surface area contributed by atoms with E-state index >= 15 is 0 Å². The maximum absolute atomic E-state index is 5.97. The third kappa shape index (κ3) is 6.28. The van der Waals surface area contributed by atoms with Crippen LogP contribution < -0.4 is 0 Å². The molecule has 130 valence electrons. The molecule has 0 aromatic heterocycles. The highest BCUT2D eigenvalue weighted by atomic mass is 31.1. The van der Waals surface area contributed by atoms with Crippen LogP contribution in [0.25, 0.3) is 0 Å². The fourth-order valence-corrected chi connectivity index (χ4v) is 4.33. The summed E-state index contributed by atoms with van der Waals surface area (Å²) in [7, 11) is 0.185. The lowest BCUT2D eigenvalue weighted by atomic mass is 9.90. The van der Waals surface area contributed by atoms with E-state index < -0.39 is 0 Å². The van der Waals surface area contributed by atoms with Crippen molar-refractivity contribution in [2.24, 2.45) is 5.41 Å². The molecule has 2 aliphatic heterocycles. The van der Waals surface area contributed by atoms with E-state index in [1.54, 1.807) is 0 Å². The van der Waals surface area contributed by atoms with Crippen molar-refractivity contribution < 1.29 is 22.8 Å². The zero-order valence-electron chi connectivity index (χ0n) is 13.6. The van der Waals surface area contributed by atoms with Crippen LogP contribution >= 0.6 is 18.1 Å². The van der Waals surface area contributed by atoms with Crippen LogP contribution in [0.15, 0.2) is 0 Å². The van der Waals surface area contributed by atoms with Gasteiger partial charge in [0.05, 0.1) is 25.2 Å². The Kier molecular flexibility index (Phi) is 9.72. The summed E-state index contributed by atoms with van der Waals surface area (Å²) in [6.07, 6.45) is 10.2. The Morgan fingerprint density at radius 2 is 1.45 bits per heavy atom. The van der Waals surface area contributed by atoms with Crippen LogP contribution in [0.4, 0.5) is 0 Å². The number of hydrogen-bond acceptors (Lipinski definition) is 5. The van der Waals surface area contributed by atoms with Crippen molar-refractivity contribution in [3.05, 3.63) is 0 Å². The molecule has 2 unspecified atom stereocenters. The van der Waals surface area contributed by atoms with Crippen LogP contribution in [0.5, 0.6) is 0 Å². The molecular formula is C15H30O5P2. The molecule has 0 bridgehead atoms. The van der Waals surface area contributed by atoms with Gasteiger partial charge < -0.3 is 22.8 Å². The molecule has 2 fully saturated rings. The second-order valence-corrected chi connectivity index (χ2v) is 7.63. The Balaban J connectivity index is 1.55. The van der Waals surface area contributed by atoms with Gasteiger partial charge >= 0.3 is 0 Å². The van der Waals surface area contributed by atoms with Gasteiger partial charge in [-0.05, 0) is 6.42 Å². The molecule has 2 heterocycles. The fraction of sp³-hybridized carbons (Fsp3) is 1.00. The summed E-state index contributed by atoms with van der Waals surface area (Å²) in [5.41, 5.74) is -0.281. The highest BCUT2D eigenvalue weighted by molar-refractivity contribution is 7.26. The van der Waals surface area contributed by atoms with Crippen molar-refractivity contribution in [1.82, 2.24) is 0 Å². The third-order valence-electron chi connectivity index (χ3n) is 4.18. The van der Waals surface area contributed by atoms with Crippen molar-refractivity contribution >= 4 is 18.1 Å². The molecular weight excluding hydrogens is 322 g/mol. The van der Waals surface area contributed by atoms with E-state index in [0.717, 1.165) is 13.0 Å². The van der Waals surface area contributed by atoms with Crippen LogP contribution in [0.3, 0.4) is 0 Å². The first-order chi connectivity index (χ1) is 10.9. The minimum absolute atomic E-state index is 0.0582. The standard InChI is InChI=1S/C15H30O5P2/c1-2-3-4-5-6-7-8-9-10-16-14-15(13-19-22-20-14)11-17-21-18-12-15/h14,21-22H,2-13H2,1H3. The Morgan fingerprint density at radius 1 is 0.864 bits per heavy atom.